The van der Waals surface area contributed by atoms with Crippen molar-refractivity contribution in [2.24, 2.45) is 0 Å². The highest BCUT2D eigenvalue weighted by atomic mass is 79.9. The van der Waals surface area contributed by atoms with Crippen LogP contribution in [0.3, 0.4) is 0 Å². The van der Waals surface area contributed by atoms with E-state index in [9.17, 15) is 9.59 Å². The average Bonchev–Trinajstić information content (AvgIpc) is 2.89. The molecule has 108 valence electrons. The van der Waals surface area contributed by atoms with Crippen LogP contribution in [0.15, 0.2) is 22.7 Å². The van der Waals surface area contributed by atoms with Gasteiger partial charge in [0.25, 0.3) is 5.91 Å². The molecule has 0 radical (unpaired) electrons. The van der Waals surface area contributed by atoms with Crippen LogP contribution in [0.5, 0.6) is 5.75 Å². The lowest BCUT2D eigenvalue weighted by Crippen LogP contribution is -2.36. The molecule has 0 heterocycles. The van der Waals surface area contributed by atoms with Crippen molar-refractivity contribution in [3.63, 3.8) is 0 Å². The number of hydrogen-bond acceptors (Lipinski definition) is 3. The van der Waals surface area contributed by atoms with Crippen LogP contribution in [-0.2, 0) is 4.79 Å². The third-order valence-corrected chi connectivity index (χ3v) is 3.90. The van der Waals surface area contributed by atoms with Crippen LogP contribution < -0.4 is 10.1 Å². The highest BCUT2D eigenvalue weighted by Gasteiger charge is 2.18. The maximum Gasteiger partial charge on any atom is 0.258 e. The smallest absolute Gasteiger partial charge is 0.258 e. The first-order valence-electron chi connectivity index (χ1n) is 6.79. The summed E-state index contributed by atoms with van der Waals surface area (Å²) in [5, 5.41) is 2.95. The predicted octanol–water partition coefficient (Wildman–Crippen LogP) is 3.09. The lowest BCUT2D eigenvalue weighted by molar-refractivity contribution is -0.123. The number of nitrogens with one attached hydrogen (secondary N) is 1. The van der Waals surface area contributed by atoms with Crippen LogP contribution in [0.2, 0.25) is 0 Å². The van der Waals surface area contributed by atoms with Gasteiger partial charge < -0.3 is 10.1 Å². The Morgan fingerprint density at radius 1 is 1.35 bits per heavy atom. The molecule has 0 spiro atoms. The van der Waals surface area contributed by atoms with Crippen molar-refractivity contribution in [1.29, 1.82) is 0 Å². The molecule has 1 saturated carbocycles. The molecule has 0 aliphatic heterocycles. The zero-order valence-corrected chi connectivity index (χ0v) is 13.0. The molecule has 1 N–H and O–H groups in total. The van der Waals surface area contributed by atoms with Gasteiger partial charge in [-0.3, -0.25) is 9.59 Å². The summed E-state index contributed by atoms with van der Waals surface area (Å²) in [4.78, 5) is 23.3. The quantitative estimate of drug-likeness (QED) is 0.838. The number of ketones is 1. The van der Waals surface area contributed by atoms with E-state index in [0.717, 1.165) is 17.3 Å². The highest BCUT2D eigenvalue weighted by Crippen LogP contribution is 2.24. The molecule has 5 heteroatoms. The Balaban J connectivity index is 1.94. The fourth-order valence-electron chi connectivity index (χ4n) is 2.39. The maximum atomic E-state index is 11.8. The molecule has 0 unspecified atom stereocenters. The number of amides is 1. The molecule has 1 aliphatic carbocycles. The Labute approximate surface area is 127 Å². The van der Waals surface area contributed by atoms with Gasteiger partial charge in [0.2, 0.25) is 0 Å². The van der Waals surface area contributed by atoms with Crippen LogP contribution in [0.1, 0.15) is 43.0 Å². The van der Waals surface area contributed by atoms with Gasteiger partial charge in [-0.05, 0) is 38.0 Å². The molecule has 1 aromatic rings. The van der Waals surface area contributed by atoms with Gasteiger partial charge in [0.15, 0.2) is 12.4 Å². The number of carbonyl (C=O) groups is 2. The molecule has 1 amide bonds. The number of rotatable bonds is 5. The molecule has 0 saturated heterocycles. The van der Waals surface area contributed by atoms with Gasteiger partial charge in [-0.25, -0.2) is 0 Å². The van der Waals surface area contributed by atoms with Crippen molar-refractivity contribution < 1.29 is 14.3 Å². The predicted molar refractivity (Wildman–Crippen MR) is 80.0 cm³/mol. The minimum absolute atomic E-state index is 0.0623. The van der Waals surface area contributed by atoms with Gasteiger partial charge >= 0.3 is 0 Å². The molecule has 2 rings (SSSR count). The summed E-state index contributed by atoms with van der Waals surface area (Å²) in [5.41, 5.74) is 0.488. The molecule has 1 fully saturated rings. The molecule has 1 aliphatic rings. The Kier molecular flexibility index (Phi) is 5.17. The van der Waals surface area contributed by atoms with Crippen molar-refractivity contribution in [3.8, 4) is 5.75 Å². The number of ether oxygens (including phenoxy) is 1. The normalized spacial score (nSPS) is 15.1. The molecule has 1 aromatic carbocycles. The van der Waals surface area contributed by atoms with Gasteiger partial charge in [0.05, 0.1) is 5.56 Å². The molecule has 20 heavy (non-hydrogen) atoms. The Bertz CT molecular complexity index is 510. The summed E-state index contributed by atoms with van der Waals surface area (Å²) >= 11 is 3.33. The second-order valence-corrected chi connectivity index (χ2v) is 5.95. The van der Waals surface area contributed by atoms with Crippen molar-refractivity contribution >= 4 is 27.6 Å². The molecular weight excluding hydrogens is 322 g/mol. The Hall–Kier alpha value is -1.36. The van der Waals surface area contributed by atoms with E-state index in [4.69, 9.17) is 4.74 Å². The van der Waals surface area contributed by atoms with E-state index < -0.39 is 0 Å². The fraction of sp³-hybridized carbons (Fsp3) is 0.467. The average molecular weight is 340 g/mol. The number of Topliss-reactive ketones (excluding diaryl/α,β-unsaturated/α-hetero) is 1. The van der Waals surface area contributed by atoms with E-state index in [1.54, 1.807) is 18.2 Å². The second-order valence-electron chi connectivity index (χ2n) is 5.03. The van der Waals surface area contributed by atoms with Gasteiger partial charge in [0, 0.05) is 10.5 Å². The van der Waals surface area contributed by atoms with E-state index in [2.05, 4.69) is 21.2 Å². The lowest BCUT2D eigenvalue weighted by atomic mass is 10.1. The van der Waals surface area contributed by atoms with Crippen molar-refractivity contribution in [2.45, 2.75) is 38.6 Å². The highest BCUT2D eigenvalue weighted by molar-refractivity contribution is 9.10. The van der Waals surface area contributed by atoms with Gasteiger partial charge in [-0.1, -0.05) is 28.8 Å². The molecular formula is C15H18BrNO3. The van der Waals surface area contributed by atoms with Gasteiger partial charge in [-0.2, -0.15) is 0 Å². The van der Waals surface area contributed by atoms with Gasteiger partial charge in [0.1, 0.15) is 5.75 Å². The lowest BCUT2D eigenvalue weighted by Gasteiger charge is -2.13. The minimum Gasteiger partial charge on any atom is -0.483 e. The SMILES string of the molecule is CC(=O)c1ccc(Br)cc1OCC(=O)NC1CCCC1. The van der Waals surface area contributed by atoms with E-state index in [0.29, 0.717) is 11.3 Å². The van der Waals surface area contributed by atoms with E-state index in [-0.39, 0.29) is 24.3 Å². The molecule has 0 aromatic heterocycles. The van der Waals surface area contributed by atoms with E-state index >= 15 is 0 Å². The topological polar surface area (TPSA) is 55.4 Å². The monoisotopic (exact) mass is 339 g/mol. The fourth-order valence-corrected chi connectivity index (χ4v) is 2.73. The van der Waals surface area contributed by atoms with Crippen LogP contribution >= 0.6 is 15.9 Å². The minimum atomic E-state index is -0.133. The summed E-state index contributed by atoms with van der Waals surface area (Å²) in [6.07, 6.45) is 4.43. The first-order chi connectivity index (χ1) is 9.56. The largest absolute Gasteiger partial charge is 0.483 e. The van der Waals surface area contributed by atoms with Crippen LogP contribution in [0.25, 0.3) is 0 Å². The number of benzene rings is 1. The van der Waals surface area contributed by atoms with Gasteiger partial charge in [-0.15, -0.1) is 0 Å². The third kappa shape index (κ3) is 4.07. The molecule has 0 atom stereocenters. The third-order valence-electron chi connectivity index (χ3n) is 3.40. The maximum absolute atomic E-state index is 11.8. The standard InChI is InChI=1S/C15H18BrNO3/c1-10(18)13-7-6-11(16)8-14(13)20-9-15(19)17-12-4-2-3-5-12/h6-8,12H,2-5,9H2,1H3,(H,17,19). The summed E-state index contributed by atoms with van der Waals surface area (Å²) in [7, 11) is 0. The van der Waals surface area contributed by atoms with E-state index in [1.165, 1.54) is 19.8 Å². The van der Waals surface area contributed by atoms with E-state index in [1.807, 2.05) is 0 Å². The number of carbonyl (C=O) groups excluding carboxylic acids is 2. The second kappa shape index (κ2) is 6.88. The number of halogens is 1. The van der Waals surface area contributed by atoms with Crippen molar-refractivity contribution in [3.05, 3.63) is 28.2 Å². The van der Waals surface area contributed by atoms with Crippen LogP contribution in [0.4, 0.5) is 0 Å². The summed E-state index contributed by atoms with van der Waals surface area (Å²) < 4.78 is 6.30. The number of hydrogen-bond donors (Lipinski definition) is 1. The van der Waals surface area contributed by atoms with Crippen LogP contribution in [0, 0.1) is 0 Å². The molecule has 4 nitrogen and oxygen atoms in total. The van der Waals surface area contributed by atoms with Crippen molar-refractivity contribution in [2.75, 3.05) is 6.61 Å². The first kappa shape index (κ1) is 15.0. The first-order valence-corrected chi connectivity index (χ1v) is 7.58. The Morgan fingerprint density at radius 3 is 2.70 bits per heavy atom. The molecule has 0 bridgehead atoms. The summed E-state index contributed by atoms with van der Waals surface area (Å²) in [6, 6.07) is 5.46. The zero-order valence-electron chi connectivity index (χ0n) is 11.4. The van der Waals surface area contributed by atoms with Crippen molar-refractivity contribution in [1.82, 2.24) is 5.32 Å². The summed E-state index contributed by atoms with van der Waals surface area (Å²) in [6.45, 7) is 1.42. The Morgan fingerprint density at radius 2 is 2.05 bits per heavy atom. The summed E-state index contributed by atoms with van der Waals surface area (Å²) in [5.74, 6) is 0.225. The zero-order chi connectivity index (χ0) is 14.5. The van der Waals surface area contributed by atoms with Crippen LogP contribution in [-0.4, -0.2) is 24.3 Å².